The highest BCUT2D eigenvalue weighted by atomic mass is 79.9. The van der Waals surface area contributed by atoms with Crippen LogP contribution in [0.25, 0.3) is 22.0 Å². The van der Waals surface area contributed by atoms with E-state index < -0.39 is 0 Å². The number of aryl methyl sites for hydroxylation is 2. The first-order chi connectivity index (χ1) is 14.0. The zero-order valence-electron chi connectivity index (χ0n) is 16.4. The predicted octanol–water partition coefficient (Wildman–Crippen LogP) is 4.95. The van der Waals surface area contributed by atoms with Crippen molar-refractivity contribution in [3.05, 3.63) is 76.2 Å². The number of fused-ring (bicyclic) bond motifs is 1. The molecule has 0 radical (unpaired) electrons. The van der Waals surface area contributed by atoms with Crippen molar-refractivity contribution in [1.82, 2.24) is 15.2 Å². The van der Waals surface area contributed by atoms with Crippen LogP contribution in [0.1, 0.15) is 16.8 Å². The summed E-state index contributed by atoms with van der Waals surface area (Å²) in [6.07, 6.45) is 4.33. The third kappa shape index (κ3) is 4.49. The lowest BCUT2D eigenvalue weighted by atomic mass is 10.0. The van der Waals surface area contributed by atoms with Crippen LogP contribution in [0.5, 0.6) is 5.75 Å². The van der Waals surface area contributed by atoms with Gasteiger partial charge in [0.1, 0.15) is 12.4 Å². The second-order valence-corrected chi connectivity index (χ2v) is 8.20. The van der Waals surface area contributed by atoms with E-state index in [9.17, 15) is 0 Å². The molecule has 0 saturated carbocycles. The summed E-state index contributed by atoms with van der Waals surface area (Å²) in [5.74, 6) is 0.717. The Morgan fingerprint density at radius 1 is 1.07 bits per heavy atom. The van der Waals surface area contributed by atoms with Crippen LogP contribution >= 0.6 is 15.9 Å². The molecule has 4 rings (SSSR count). The molecule has 2 aromatic heterocycles. The van der Waals surface area contributed by atoms with Crippen LogP contribution in [0.4, 0.5) is 0 Å². The monoisotopic (exact) mass is 450 g/mol. The number of nitrogens with two attached hydrogens (primary N) is 1. The molecule has 0 amide bonds. The van der Waals surface area contributed by atoms with Gasteiger partial charge in [0.15, 0.2) is 0 Å². The van der Waals surface area contributed by atoms with Crippen molar-refractivity contribution in [2.75, 3.05) is 6.61 Å². The summed E-state index contributed by atoms with van der Waals surface area (Å²) in [7, 11) is 0. The summed E-state index contributed by atoms with van der Waals surface area (Å²) >= 11 is 3.53. The van der Waals surface area contributed by atoms with Crippen molar-refractivity contribution in [2.24, 2.45) is 5.73 Å². The van der Waals surface area contributed by atoms with Crippen molar-refractivity contribution in [3.8, 4) is 16.9 Å². The van der Waals surface area contributed by atoms with Gasteiger partial charge < -0.3 is 10.5 Å². The molecular formula is C23H23BrN4O. The number of pyridine rings is 1. The maximum Gasteiger partial charge on any atom is 0.138 e. The van der Waals surface area contributed by atoms with Crippen LogP contribution in [0.2, 0.25) is 0 Å². The van der Waals surface area contributed by atoms with E-state index in [1.54, 1.807) is 6.20 Å². The van der Waals surface area contributed by atoms with E-state index >= 15 is 0 Å². The van der Waals surface area contributed by atoms with E-state index in [2.05, 4.69) is 62.3 Å². The number of hydrogen-bond donors (Lipinski definition) is 2. The predicted molar refractivity (Wildman–Crippen MR) is 120 cm³/mol. The van der Waals surface area contributed by atoms with E-state index in [0.29, 0.717) is 12.4 Å². The lowest BCUT2D eigenvalue weighted by Gasteiger charge is -2.14. The van der Waals surface area contributed by atoms with Gasteiger partial charge in [-0.05, 0) is 61.2 Å². The number of aromatic nitrogens is 3. The van der Waals surface area contributed by atoms with Crippen LogP contribution in [0.15, 0.2) is 59.3 Å². The van der Waals surface area contributed by atoms with Crippen LogP contribution in [-0.2, 0) is 6.42 Å². The molecule has 0 unspecified atom stereocenters. The molecule has 0 aliphatic rings. The Morgan fingerprint density at radius 3 is 2.76 bits per heavy atom. The molecule has 0 saturated heterocycles. The first kappa shape index (κ1) is 19.6. The average Bonchev–Trinajstić information content (AvgIpc) is 3.10. The minimum atomic E-state index is -0.0934. The molecule has 0 bridgehead atoms. The Labute approximate surface area is 178 Å². The van der Waals surface area contributed by atoms with Gasteiger partial charge in [-0.15, -0.1) is 0 Å². The Morgan fingerprint density at radius 2 is 1.93 bits per heavy atom. The summed E-state index contributed by atoms with van der Waals surface area (Å²) < 4.78 is 7.05. The number of hydrogen-bond acceptors (Lipinski definition) is 4. The first-order valence-electron chi connectivity index (χ1n) is 9.53. The third-order valence-electron chi connectivity index (χ3n) is 4.98. The van der Waals surface area contributed by atoms with E-state index in [4.69, 9.17) is 10.5 Å². The molecule has 0 spiro atoms. The fourth-order valence-electron chi connectivity index (χ4n) is 3.37. The summed E-state index contributed by atoms with van der Waals surface area (Å²) in [5.41, 5.74) is 12.8. The van der Waals surface area contributed by atoms with Gasteiger partial charge in [-0.25, -0.2) is 0 Å². The summed E-state index contributed by atoms with van der Waals surface area (Å²) in [6, 6.07) is 14.4. The van der Waals surface area contributed by atoms with Crippen LogP contribution in [0.3, 0.4) is 0 Å². The van der Waals surface area contributed by atoms with Gasteiger partial charge >= 0.3 is 0 Å². The van der Waals surface area contributed by atoms with Gasteiger partial charge in [0.2, 0.25) is 0 Å². The minimum Gasteiger partial charge on any atom is -0.490 e. The Balaban J connectivity index is 1.44. The molecule has 148 valence electrons. The standard InChI is InChI=1S/C23H23BrN4O/c1-14-7-16(3-5-22(14)24)8-19(25)13-29-20-9-18(11-26-12-20)17-4-6-23-21(10-17)15(2)27-28-23/h3-7,9-12,19H,8,13,25H2,1-2H3,(H,27,28)/t19-/m0/s1. The van der Waals surface area contributed by atoms with Crippen LogP contribution in [-0.4, -0.2) is 27.8 Å². The maximum atomic E-state index is 6.29. The number of H-pyrrole nitrogens is 1. The van der Waals surface area contributed by atoms with E-state index in [0.717, 1.165) is 38.6 Å². The molecule has 0 aliphatic carbocycles. The first-order valence-corrected chi connectivity index (χ1v) is 10.3. The fourth-order valence-corrected chi connectivity index (χ4v) is 3.62. The third-order valence-corrected chi connectivity index (χ3v) is 5.87. The molecule has 29 heavy (non-hydrogen) atoms. The highest BCUT2D eigenvalue weighted by Crippen LogP contribution is 2.27. The van der Waals surface area contributed by atoms with Gasteiger partial charge in [0.05, 0.1) is 11.7 Å². The van der Waals surface area contributed by atoms with E-state index in [1.165, 1.54) is 11.1 Å². The number of ether oxygens (including phenoxy) is 1. The maximum absolute atomic E-state index is 6.29. The fraction of sp³-hybridized carbons (Fsp3) is 0.217. The number of nitrogens with one attached hydrogen (secondary N) is 1. The molecule has 6 heteroatoms. The van der Waals surface area contributed by atoms with E-state index in [-0.39, 0.29) is 6.04 Å². The molecule has 3 N–H and O–H groups in total. The second kappa shape index (κ2) is 8.35. The summed E-state index contributed by atoms with van der Waals surface area (Å²) in [6.45, 7) is 4.53. The Hall–Kier alpha value is -2.70. The Kier molecular flexibility index (Phi) is 5.65. The van der Waals surface area contributed by atoms with E-state index in [1.807, 2.05) is 31.3 Å². The summed E-state index contributed by atoms with van der Waals surface area (Å²) in [4.78, 5) is 4.34. The molecule has 4 aromatic rings. The molecular weight excluding hydrogens is 428 g/mol. The van der Waals surface area contributed by atoms with Crippen molar-refractivity contribution in [3.63, 3.8) is 0 Å². The SMILES string of the molecule is Cc1cc(C[C@H](N)COc2cncc(-c3ccc4n[nH]c(C)c4c3)c2)ccc1Br. The molecule has 2 heterocycles. The second-order valence-electron chi connectivity index (χ2n) is 7.35. The van der Waals surface area contributed by atoms with Crippen LogP contribution < -0.4 is 10.5 Å². The van der Waals surface area contributed by atoms with Crippen molar-refractivity contribution in [2.45, 2.75) is 26.3 Å². The number of halogens is 1. The quantitative estimate of drug-likeness (QED) is 0.435. The Bertz CT molecular complexity index is 1150. The highest BCUT2D eigenvalue weighted by Gasteiger charge is 2.09. The van der Waals surface area contributed by atoms with Crippen LogP contribution in [0, 0.1) is 13.8 Å². The largest absolute Gasteiger partial charge is 0.490 e. The number of aromatic amines is 1. The smallest absolute Gasteiger partial charge is 0.138 e. The van der Waals surface area contributed by atoms with Gasteiger partial charge in [0, 0.05) is 33.4 Å². The number of rotatable bonds is 6. The number of benzene rings is 2. The van der Waals surface area contributed by atoms with Crippen molar-refractivity contribution in [1.29, 1.82) is 0 Å². The van der Waals surface area contributed by atoms with Gasteiger partial charge in [-0.1, -0.05) is 34.1 Å². The van der Waals surface area contributed by atoms with Crippen molar-refractivity contribution < 1.29 is 4.74 Å². The lowest BCUT2D eigenvalue weighted by molar-refractivity contribution is 0.286. The molecule has 5 nitrogen and oxygen atoms in total. The van der Waals surface area contributed by atoms with Gasteiger partial charge in [0.25, 0.3) is 0 Å². The lowest BCUT2D eigenvalue weighted by Crippen LogP contribution is -2.30. The molecule has 2 aromatic carbocycles. The zero-order chi connectivity index (χ0) is 20.4. The highest BCUT2D eigenvalue weighted by molar-refractivity contribution is 9.10. The molecule has 0 fully saturated rings. The molecule has 1 atom stereocenters. The minimum absolute atomic E-state index is 0.0934. The van der Waals surface area contributed by atoms with Gasteiger partial charge in [-0.2, -0.15) is 5.10 Å². The summed E-state index contributed by atoms with van der Waals surface area (Å²) in [5, 5.41) is 8.41. The average molecular weight is 451 g/mol. The zero-order valence-corrected chi connectivity index (χ0v) is 18.0. The number of nitrogens with zero attached hydrogens (tertiary/aromatic N) is 2. The molecule has 0 aliphatic heterocycles. The topological polar surface area (TPSA) is 76.8 Å². The normalized spacial score (nSPS) is 12.3. The van der Waals surface area contributed by atoms with Crippen molar-refractivity contribution >= 4 is 26.8 Å². The van der Waals surface area contributed by atoms with Gasteiger partial charge in [-0.3, -0.25) is 10.1 Å².